The highest BCUT2D eigenvalue weighted by atomic mass is 16.6. The van der Waals surface area contributed by atoms with Gasteiger partial charge in [0.2, 0.25) is 0 Å². The maximum absolute atomic E-state index is 12.2. The Morgan fingerprint density at radius 3 is 1.85 bits per heavy atom. The number of aliphatic hydroxyl groups excluding tert-OH is 1. The molecule has 0 bridgehead atoms. The average Bonchev–Trinajstić information content (AvgIpc) is 2.72. The summed E-state index contributed by atoms with van der Waals surface area (Å²) in [6, 6.07) is 27.5. The molecule has 0 aliphatic carbocycles. The monoisotopic (exact) mass is 342 g/mol. The van der Waals surface area contributed by atoms with Crippen molar-refractivity contribution in [3.63, 3.8) is 0 Å². The van der Waals surface area contributed by atoms with Gasteiger partial charge in [-0.2, -0.15) is 0 Å². The van der Waals surface area contributed by atoms with Gasteiger partial charge in [-0.3, -0.25) is 0 Å². The number of hydrogen-bond donors (Lipinski definition) is 1. The molecular formula is C23H18O3. The van der Waals surface area contributed by atoms with Gasteiger partial charge in [0.25, 0.3) is 0 Å². The van der Waals surface area contributed by atoms with Crippen LogP contribution < -0.4 is 0 Å². The SMILES string of the molecule is O=C(C#Cc1ccccc1)O[C@@H](c1ccccc1)[C@@H](O)c1ccccc1. The normalized spacial score (nSPS) is 12.3. The largest absolute Gasteiger partial charge is 0.445 e. The summed E-state index contributed by atoms with van der Waals surface area (Å²) in [5.41, 5.74) is 2.10. The van der Waals surface area contributed by atoms with Crippen LogP contribution >= 0.6 is 0 Å². The van der Waals surface area contributed by atoms with Gasteiger partial charge in [-0.1, -0.05) is 84.8 Å². The highest BCUT2D eigenvalue weighted by Gasteiger charge is 2.26. The molecule has 0 aliphatic rings. The summed E-state index contributed by atoms with van der Waals surface area (Å²) in [5.74, 6) is 4.57. The smallest absolute Gasteiger partial charge is 0.385 e. The van der Waals surface area contributed by atoms with Gasteiger partial charge < -0.3 is 9.84 Å². The van der Waals surface area contributed by atoms with Gasteiger partial charge in [0, 0.05) is 11.5 Å². The van der Waals surface area contributed by atoms with Crippen molar-refractivity contribution in [2.45, 2.75) is 12.2 Å². The summed E-state index contributed by atoms with van der Waals surface area (Å²) in [7, 11) is 0. The van der Waals surface area contributed by atoms with E-state index in [4.69, 9.17) is 4.74 Å². The van der Waals surface area contributed by atoms with Crippen LogP contribution in [-0.2, 0) is 9.53 Å². The van der Waals surface area contributed by atoms with Crippen LogP contribution in [0.4, 0.5) is 0 Å². The molecule has 3 rings (SSSR count). The molecule has 26 heavy (non-hydrogen) atoms. The van der Waals surface area contributed by atoms with Crippen LogP contribution in [0.5, 0.6) is 0 Å². The lowest BCUT2D eigenvalue weighted by Gasteiger charge is -2.23. The average molecular weight is 342 g/mol. The molecule has 2 atom stereocenters. The van der Waals surface area contributed by atoms with Crippen LogP contribution in [0.1, 0.15) is 28.9 Å². The van der Waals surface area contributed by atoms with E-state index in [1.165, 1.54) is 0 Å². The van der Waals surface area contributed by atoms with Gasteiger partial charge >= 0.3 is 5.97 Å². The van der Waals surface area contributed by atoms with E-state index in [0.717, 1.165) is 5.56 Å². The van der Waals surface area contributed by atoms with E-state index in [0.29, 0.717) is 11.1 Å². The number of aliphatic hydroxyl groups is 1. The molecule has 3 aromatic rings. The molecule has 0 saturated heterocycles. The van der Waals surface area contributed by atoms with E-state index >= 15 is 0 Å². The van der Waals surface area contributed by atoms with E-state index in [1.54, 1.807) is 12.1 Å². The Hall–Kier alpha value is -3.35. The first-order chi connectivity index (χ1) is 12.7. The van der Waals surface area contributed by atoms with Crippen molar-refractivity contribution in [3.8, 4) is 11.8 Å². The lowest BCUT2D eigenvalue weighted by molar-refractivity contribution is -0.148. The van der Waals surface area contributed by atoms with E-state index in [2.05, 4.69) is 11.8 Å². The molecule has 0 unspecified atom stereocenters. The number of carbonyl (C=O) groups is 1. The fourth-order valence-electron chi connectivity index (χ4n) is 2.57. The standard InChI is InChI=1S/C23H18O3/c24-21(17-16-18-10-4-1-5-11-18)26-23(20-14-8-3-9-15-20)22(25)19-12-6-2-7-13-19/h1-15,22-23,25H/t22-,23-/m0/s1. The first-order valence-corrected chi connectivity index (χ1v) is 8.29. The van der Waals surface area contributed by atoms with E-state index in [-0.39, 0.29) is 0 Å². The first-order valence-electron chi connectivity index (χ1n) is 8.29. The third-order valence-corrected chi connectivity index (χ3v) is 3.87. The lowest BCUT2D eigenvalue weighted by Crippen LogP contribution is -2.17. The molecule has 0 amide bonds. The molecule has 0 spiro atoms. The predicted molar refractivity (Wildman–Crippen MR) is 100.0 cm³/mol. The molecule has 0 fully saturated rings. The number of rotatable bonds is 4. The number of esters is 1. The number of carbonyl (C=O) groups excluding carboxylic acids is 1. The van der Waals surface area contributed by atoms with E-state index < -0.39 is 18.2 Å². The van der Waals surface area contributed by atoms with Gasteiger partial charge in [0.05, 0.1) is 0 Å². The van der Waals surface area contributed by atoms with Crippen molar-refractivity contribution < 1.29 is 14.6 Å². The van der Waals surface area contributed by atoms with Gasteiger partial charge in [-0.15, -0.1) is 0 Å². The van der Waals surface area contributed by atoms with Crippen LogP contribution in [0.15, 0.2) is 91.0 Å². The van der Waals surface area contributed by atoms with Crippen LogP contribution in [0.3, 0.4) is 0 Å². The zero-order valence-electron chi connectivity index (χ0n) is 14.1. The molecular weight excluding hydrogens is 324 g/mol. The topological polar surface area (TPSA) is 46.5 Å². The van der Waals surface area contributed by atoms with Gasteiger partial charge in [0.1, 0.15) is 6.10 Å². The second-order valence-electron chi connectivity index (χ2n) is 5.71. The minimum Gasteiger partial charge on any atom is -0.445 e. The minimum atomic E-state index is -0.985. The Morgan fingerprint density at radius 2 is 1.27 bits per heavy atom. The van der Waals surface area contributed by atoms with Crippen molar-refractivity contribution in [2.24, 2.45) is 0 Å². The predicted octanol–water partition coefficient (Wildman–Crippen LogP) is 4.06. The quantitative estimate of drug-likeness (QED) is 0.575. The molecule has 3 heteroatoms. The Labute approximate surface area is 152 Å². The molecule has 128 valence electrons. The lowest BCUT2D eigenvalue weighted by atomic mass is 9.98. The third-order valence-electron chi connectivity index (χ3n) is 3.87. The van der Waals surface area contributed by atoms with Crippen molar-refractivity contribution in [2.75, 3.05) is 0 Å². The number of hydrogen-bond acceptors (Lipinski definition) is 3. The van der Waals surface area contributed by atoms with E-state index in [9.17, 15) is 9.90 Å². The van der Waals surface area contributed by atoms with Gasteiger partial charge in [-0.05, 0) is 23.3 Å². The van der Waals surface area contributed by atoms with Crippen LogP contribution in [0.2, 0.25) is 0 Å². The molecule has 0 aliphatic heterocycles. The zero-order valence-corrected chi connectivity index (χ0v) is 14.1. The molecule has 3 nitrogen and oxygen atoms in total. The maximum Gasteiger partial charge on any atom is 0.385 e. The molecule has 0 saturated carbocycles. The number of benzene rings is 3. The highest BCUT2D eigenvalue weighted by molar-refractivity contribution is 5.89. The fraction of sp³-hybridized carbons (Fsp3) is 0.0870. The minimum absolute atomic E-state index is 0.671. The van der Waals surface area contributed by atoms with Crippen molar-refractivity contribution in [1.82, 2.24) is 0 Å². The summed E-state index contributed by atoms with van der Waals surface area (Å²) in [4.78, 5) is 12.2. The van der Waals surface area contributed by atoms with Crippen LogP contribution in [0, 0.1) is 11.8 Å². The Morgan fingerprint density at radius 1 is 0.769 bits per heavy atom. The second kappa shape index (κ2) is 8.66. The highest BCUT2D eigenvalue weighted by Crippen LogP contribution is 2.32. The summed E-state index contributed by atoms with van der Waals surface area (Å²) >= 11 is 0. The van der Waals surface area contributed by atoms with Crippen LogP contribution in [0.25, 0.3) is 0 Å². The fourth-order valence-corrected chi connectivity index (χ4v) is 2.57. The molecule has 1 N–H and O–H groups in total. The maximum atomic E-state index is 12.2. The first kappa shape index (κ1) is 17.5. The third kappa shape index (κ3) is 4.60. The van der Waals surface area contributed by atoms with Gasteiger partial charge in [-0.25, -0.2) is 4.79 Å². The molecule has 0 aromatic heterocycles. The zero-order chi connectivity index (χ0) is 18.2. The Balaban J connectivity index is 1.82. The Kier molecular flexibility index (Phi) is 5.82. The summed E-state index contributed by atoms with van der Waals surface area (Å²) in [5, 5.41) is 10.7. The van der Waals surface area contributed by atoms with Crippen molar-refractivity contribution in [3.05, 3.63) is 108 Å². The molecule has 0 radical (unpaired) electrons. The summed E-state index contributed by atoms with van der Waals surface area (Å²) in [6.07, 6.45) is -1.82. The second-order valence-corrected chi connectivity index (χ2v) is 5.71. The summed E-state index contributed by atoms with van der Waals surface area (Å²) < 4.78 is 5.51. The van der Waals surface area contributed by atoms with Gasteiger partial charge in [0.15, 0.2) is 6.10 Å². The summed E-state index contributed by atoms with van der Waals surface area (Å²) in [6.45, 7) is 0. The number of ether oxygens (including phenoxy) is 1. The van der Waals surface area contributed by atoms with Crippen molar-refractivity contribution in [1.29, 1.82) is 0 Å². The molecule has 3 aromatic carbocycles. The van der Waals surface area contributed by atoms with Crippen LogP contribution in [-0.4, -0.2) is 11.1 Å². The molecule has 0 heterocycles. The van der Waals surface area contributed by atoms with E-state index in [1.807, 2.05) is 78.9 Å². The Bertz CT molecular complexity index is 894. The van der Waals surface area contributed by atoms with Crippen molar-refractivity contribution >= 4 is 5.97 Å².